The van der Waals surface area contributed by atoms with E-state index in [0.29, 0.717) is 30.5 Å². The van der Waals surface area contributed by atoms with E-state index in [2.05, 4.69) is 39.4 Å². The molecule has 0 saturated carbocycles. The molecule has 3 aromatic heterocycles. The Hall–Kier alpha value is -3.56. The highest BCUT2D eigenvalue weighted by Crippen LogP contribution is 2.32. The van der Waals surface area contributed by atoms with Crippen LogP contribution in [0.3, 0.4) is 0 Å². The van der Waals surface area contributed by atoms with Crippen molar-refractivity contribution in [2.75, 3.05) is 22.1 Å². The van der Waals surface area contributed by atoms with Crippen molar-refractivity contribution in [1.82, 2.24) is 24.9 Å². The second kappa shape index (κ2) is 8.76. The highest BCUT2D eigenvalue weighted by Gasteiger charge is 2.34. The third kappa shape index (κ3) is 4.37. The molecule has 5 rings (SSSR count). The summed E-state index contributed by atoms with van der Waals surface area (Å²) in [6.45, 7) is 4.87. The fourth-order valence-electron chi connectivity index (χ4n) is 4.43. The number of aromatic amines is 1. The number of carbonyl (C=O) groups is 1. The van der Waals surface area contributed by atoms with Crippen molar-refractivity contribution >= 4 is 29.2 Å². The molecule has 4 heterocycles. The topological polar surface area (TPSA) is 112 Å². The molecular weight excluding hydrogens is 423 g/mol. The monoisotopic (exact) mass is 450 g/mol. The number of aromatic nitrogens is 5. The van der Waals surface area contributed by atoms with E-state index in [-0.39, 0.29) is 5.91 Å². The molecule has 172 valence electrons. The summed E-state index contributed by atoms with van der Waals surface area (Å²) >= 11 is 0. The van der Waals surface area contributed by atoms with E-state index in [1.807, 2.05) is 4.90 Å². The minimum Gasteiger partial charge on any atom is -0.329 e. The third-order valence-electron chi connectivity index (χ3n) is 6.12. The lowest BCUT2D eigenvalue weighted by molar-refractivity contribution is -0.117. The van der Waals surface area contributed by atoms with Crippen LogP contribution in [0.15, 0.2) is 24.5 Å². The van der Waals surface area contributed by atoms with E-state index in [9.17, 15) is 9.18 Å². The van der Waals surface area contributed by atoms with Crippen molar-refractivity contribution in [2.24, 2.45) is 0 Å². The van der Waals surface area contributed by atoms with E-state index in [1.165, 1.54) is 18.3 Å². The van der Waals surface area contributed by atoms with Crippen molar-refractivity contribution in [3.8, 4) is 0 Å². The number of aryl methyl sites for hydroxylation is 1. The number of anilines is 4. The van der Waals surface area contributed by atoms with Gasteiger partial charge in [0.05, 0.1) is 23.8 Å². The lowest BCUT2D eigenvalue weighted by atomic mass is 10.2. The van der Waals surface area contributed by atoms with Gasteiger partial charge in [-0.3, -0.25) is 4.79 Å². The number of carbonyl (C=O) groups excluding carboxylic acids is 1. The minimum absolute atomic E-state index is 0.172. The summed E-state index contributed by atoms with van der Waals surface area (Å²) in [7, 11) is 0. The Bertz CT molecular complexity index is 1160. The largest absolute Gasteiger partial charge is 0.329 e. The Balaban J connectivity index is 1.40. The number of imidazole rings is 1. The maximum absolute atomic E-state index is 13.1. The maximum atomic E-state index is 13.1. The van der Waals surface area contributed by atoms with Crippen LogP contribution in [0.25, 0.3) is 0 Å². The second-order valence-corrected chi connectivity index (χ2v) is 8.82. The molecule has 0 radical (unpaired) electrons. The predicted octanol–water partition coefficient (Wildman–Crippen LogP) is 3.70. The number of hydrogen-bond donors (Lipinski definition) is 3. The summed E-state index contributed by atoms with van der Waals surface area (Å²) in [6.07, 6.45) is 7.50. The molecule has 9 nitrogen and oxygen atoms in total. The van der Waals surface area contributed by atoms with Gasteiger partial charge in [-0.15, -0.1) is 0 Å². The van der Waals surface area contributed by atoms with Crippen molar-refractivity contribution in [2.45, 2.75) is 57.9 Å². The quantitative estimate of drug-likeness (QED) is 0.491. The van der Waals surface area contributed by atoms with Gasteiger partial charge >= 0.3 is 0 Å². The summed E-state index contributed by atoms with van der Waals surface area (Å²) in [6, 6.07) is 2.33. The molecule has 33 heavy (non-hydrogen) atoms. The van der Waals surface area contributed by atoms with Gasteiger partial charge in [-0.25, -0.2) is 15.0 Å². The van der Waals surface area contributed by atoms with Crippen LogP contribution in [0.4, 0.5) is 27.7 Å². The smallest absolute Gasteiger partial charge is 0.247 e. The van der Waals surface area contributed by atoms with E-state index in [4.69, 9.17) is 9.97 Å². The van der Waals surface area contributed by atoms with Crippen LogP contribution in [0.2, 0.25) is 0 Å². The number of H-pyrrole nitrogens is 1. The van der Waals surface area contributed by atoms with Crippen LogP contribution in [0.1, 0.15) is 56.1 Å². The maximum Gasteiger partial charge on any atom is 0.247 e. The minimum atomic E-state index is -0.583. The average Bonchev–Trinajstić information content (AvgIpc) is 3.55. The molecule has 0 spiro atoms. The molecule has 2 aliphatic rings. The van der Waals surface area contributed by atoms with Crippen LogP contribution in [0.5, 0.6) is 0 Å². The highest BCUT2D eigenvalue weighted by molar-refractivity contribution is 5.96. The number of pyridine rings is 1. The number of nitrogens with zero attached hydrogens (tertiary/aromatic N) is 5. The molecule has 0 unspecified atom stereocenters. The molecular formula is C23H27FN8O. The molecule has 1 amide bonds. The lowest BCUT2D eigenvalue weighted by Gasteiger charge is -2.25. The van der Waals surface area contributed by atoms with Crippen LogP contribution in [-0.2, 0) is 17.6 Å². The van der Waals surface area contributed by atoms with Gasteiger partial charge in [0, 0.05) is 18.0 Å². The van der Waals surface area contributed by atoms with Gasteiger partial charge in [0.1, 0.15) is 23.5 Å². The van der Waals surface area contributed by atoms with Crippen LogP contribution < -0.4 is 15.5 Å². The molecule has 1 aliphatic heterocycles. The standard InChI is InChI=1S/C23H27FN8O/c1-13(2)20-26-12-19(29-20)30-21-15-5-3-6-16(15)28-23(31-21)32-10-4-7-17(32)22(33)27-14-8-9-18(24)25-11-14/h8-9,11-13,17H,3-7,10H2,1-2H3,(H,26,29)(H,27,33)(H,28,30,31)/t17-/m0/s1. The number of hydrogen-bond acceptors (Lipinski definition) is 7. The molecule has 1 saturated heterocycles. The van der Waals surface area contributed by atoms with Crippen molar-refractivity contribution in [1.29, 1.82) is 0 Å². The van der Waals surface area contributed by atoms with Crippen molar-refractivity contribution in [3.63, 3.8) is 0 Å². The van der Waals surface area contributed by atoms with Gasteiger partial charge in [-0.2, -0.15) is 9.37 Å². The van der Waals surface area contributed by atoms with E-state index >= 15 is 0 Å². The van der Waals surface area contributed by atoms with Crippen molar-refractivity contribution < 1.29 is 9.18 Å². The van der Waals surface area contributed by atoms with Gasteiger partial charge in [0.2, 0.25) is 17.8 Å². The number of nitrogens with one attached hydrogen (secondary N) is 3. The Morgan fingerprint density at radius 1 is 1.18 bits per heavy atom. The zero-order chi connectivity index (χ0) is 22.9. The summed E-state index contributed by atoms with van der Waals surface area (Å²) in [4.78, 5) is 36.0. The second-order valence-electron chi connectivity index (χ2n) is 8.82. The normalized spacial score (nSPS) is 17.5. The first-order chi connectivity index (χ1) is 16.0. The molecule has 0 bridgehead atoms. The Morgan fingerprint density at radius 3 is 2.82 bits per heavy atom. The number of fused-ring (bicyclic) bond motifs is 1. The molecule has 10 heteroatoms. The Kier molecular flexibility index (Phi) is 5.65. The highest BCUT2D eigenvalue weighted by atomic mass is 19.1. The van der Waals surface area contributed by atoms with Crippen molar-refractivity contribution in [3.05, 3.63) is 47.6 Å². The summed E-state index contributed by atoms with van der Waals surface area (Å²) in [5, 5.41) is 6.23. The van der Waals surface area contributed by atoms with Gasteiger partial charge < -0.3 is 20.5 Å². The molecule has 3 aromatic rings. The first kappa shape index (κ1) is 21.3. The van der Waals surface area contributed by atoms with Crippen LogP contribution >= 0.6 is 0 Å². The van der Waals surface area contributed by atoms with E-state index in [0.717, 1.165) is 54.4 Å². The first-order valence-electron chi connectivity index (χ1n) is 11.4. The van der Waals surface area contributed by atoms with Crippen LogP contribution in [-0.4, -0.2) is 43.4 Å². The number of rotatable bonds is 6. The predicted molar refractivity (Wildman–Crippen MR) is 123 cm³/mol. The van der Waals surface area contributed by atoms with Crippen LogP contribution in [0, 0.1) is 5.95 Å². The van der Waals surface area contributed by atoms with E-state index < -0.39 is 12.0 Å². The van der Waals surface area contributed by atoms with Gasteiger partial charge in [-0.1, -0.05) is 13.8 Å². The molecule has 1 aliphatic carbocycles. The zero-order valence-electron chi connectivity index (χ0n) is 18.7. The molecule has 1 atom stereocenters. The zero-order valence-corrected chi connectivity index (χ0v) is 18.7. The SMILES string of the molecule is CC(C)c1ncc(Nc2nc(N3CCC[C@H]3C(=O)Nc3ccc(F)nc3)nc3c2CCC3)[nH]1. The number of amides is 1. The van der Waals surface area contributed by atoms with Gasteiger partial charge in [-0.05, 0) is 44.2 Å². The molecule has 0 aromatic carbocycles. The summed E-state index contributed by atoms with van der Waals surface area (Å²) in [5.74, 6) is 2.56. The van der Waals surface area contributed by atoms with Gasteiger partial charge in [0.15, 0.2) is 0 Å². The third-order valence-corrected chi connectivity index (χ3v) is 6.12. The fraction of sp³-hybridized carbons (Fsp3) is 0.435. The summed E-state index contributed by atoms with van der Waals surface area (Å²) < 4.78 is 13.1. The van der Waals surface area contributed by atoms with E-state index in [1.54, 1.807) is 6.20 Å². The molecule has 1 fully saturated rings. The average molecular weight is 451 g/mol. The lowest BCUT2D eigenvalue weighted by Crippen LogP contribution is -2.40. The fourth-order valence-corrected chi connectivity index (χ4v) is 4.43. The first-order valence-corrected chi connectivity index (χ1v) is 11.4. The molecule has 3 N–H and O–H groups in total. The summed E-state index contributed by atoms with van der Waals surface area (Å²) in [5.41, 5.74) is 2.61. The Labute approximate surface area is 191 Å². The van der Waals surface area contributed by atoms with Gasteiger partial charge in [0.25, 0.3) is 0 Å². The Morgan fingerprint density at radius 2 is 2.06 bits per heavy atom. The number of halogens is 1.